The highest BCUT2D eigenvalue weighted by Gasteiger charge is 2.45. The third kappa shape index (κ3) is 3.37. The number of rotatable bonds is 5. The molecule has 1 N–H and O–H groups in total. The first kappa shape index (κ1) is 15.7. The van der Waals surface area contributed by atoms with Crippen molar-refractivity contribution < 1.29 is 9.53 Å². The van der Waals surface area contributed by atoms with E-state index in [0.29, 0.717) is 5.91 Å². The molecular formula is C13H25ClN2O2. The Hall–Kier alpha value is -0.320. The maximum atomic E-state index is 12.5. The first-order valence-corrected chi connectivity index (χ1v) is 6.86. The van der Waals surface area contributed by atoms with Gasteiger partial charge in [-0.15, -0.1) is 12.4 Å². The van der Waals surface area contributed by atoms with Gasteiger partial charge in [-0.1, -0.05) is 6.42 Å². The molecule has 0 aromatic heterocycles. The van der Waals surface area contributed by atoms with Crippen molar-refractivity contribution >= 4 is 18.3 Å². The topological polar surface area (TPSA) is 41.6 Å². The molecule has 1 amide bonds. The largest absolute Gasteiger partial charge is 0.382 e. The van der Waals surface area contributed by atoms with Gasteiger partial charge in [-0.2, -0.15) is 0 Å². The number of piperazine rings is 1. The van der Waals surface area contributed by atoms with E-state index in [1.54, 1.807) is 0 Å². The van der Waals surface area contributed by atoms with E-state index in [4.69, 9.17) is 4.74 Å². The van der Waals surface area contributed by atoms with Crippen molar-refractivity contribution in [2.45, 2.75) is 32.6 Å². The van der Waals surface area contributed by atoms with Crippen LogP contribution in [0.15, 0.2) is 0 Å². The van der Waals surface area contributed by atoms with E-state index in [-0.39, 0.29) is 17.8 Å². The van der Waals surface area contributed by atoms with Crippen LogP contribution in [0, 0.1) is 5.41 Å². The number of nitrogens with zero attached hydrogens (tertiary/aromatic N) is 1. The first-order valence-electron chi connectivity index (χ1n) is 6.86. The fourth-order valence-electron chi connectivity index (χ4n) is 2.79. The number of halogens is 1. The smallest absolute Gasteiger partial charge is 0.228 e. The van der Waals surface area contributed by atoms with Crippen molar-refractivity contribution in [3.05, 3.63) is 0 Å². The number of carbonyl (C=O) groups excluding carboxylic acids is 1. The molecule has 1 aliphatic carbocycles. The Morgan fingerprint density at radius 1 is 1.33 bits per heavy atom. The molecule has 1 saturated heterocycles. The van der Waals surface area contributed by atoms with Gasteiger partial charge >= 0.3 is 0 Å². The molecule has 1 aliphatic heterocycles. The van der Waals surface area contributed by atoms with Crippen LogP contribution in [0.3, 0.4) is 0 Å². The fourth-order valence-corrected chi connectivity index (χ4v) is 2.79. The summed E-state index contributed by atoms with van der Waals surface area (Å²) in [5.74, 6) is 0.380. The molecule has 0 spiro atoms. The van der Waals surface area contributed by atoms with Crippen LogP contribution in [0.5, 0.6) is 0 Å². The van der Waals surface area contributed by atoms with E-state index < -0.39 is 0 Å². The van der Waals surface area contributed by atoms with Crippen LogP contribution in [0.25, 0.3) is 0 Å². The lowest BCUT2D eigenvalue weighted by Crippen LogP contribution is -2.54. The maximum Gasteiger partial charge on any atom is 0.228 e. The average Bonchev–Trinajstić information content (AvgIpc) is 2.33. The van der Waals surface area contributed by atoms with E-state index in [1.165, 1.54) is 6.42 Å². The molecule has 2 rings (SSSR count). The van der Waals surface area contributed by atoms with Crippen molar-refractivity contribution in [2.24, 2.45) is 5.41 Å². The van der Waals surface area contributed by atoms with Gasteiger partial charge in [-0.25, -0.2) is 0 Å². The molecule has 1 heterocycles. The Balaban J connectivity index is 0.00000162. The van der Waals surface area contributed by atoms with Gasteiger partial charge in [0.25, 0.3) is 0 Å². The molecule has 4 nitrogen and oxygen atoms in total. The second-order valence-electron chi connectivity index (χ2n) is 5.12. The summed E-state index contributed by atoms with van der Waals surface area (Å²) < 4.78 is 5.42. The second kappa shape index (κ2) is 7.31. The number of hydrogen-bond acceptors (Lipinski definition) is 3. The van der Waals surface area contributed by atoms with Crippen LogP contribution >= 0.6 is 12.4 Å². The summed E-state index contributed by atoms with van der Waals surface area (Å²) >= 11 is 0. The Bertz CT molecular complexity index is 264. The molecule has 2 aliphatic rings. The summed E-state index contributed by atoms with van der Waals surface area (Å²) in [6.07, 6.45) is 4.22. The monoisotopic (exact) mass is 276 g/mol. The predicted molar refractivity (Wildman–Crippen MR) is 74.1 cm³/mol. The van der Waals surface area contributed by atoms with Crippen LogP contribution in [0.2, 0.25) is 0 Å². The zero-order chi connectivity index (χ0) is 12.1. The minimum absolute atomic E-state index is 0. The van der Waals surface area contributed by atoms with Gasteiger partial charge in [0, 0.05) is 39.4 Å². The Labute approximate surface area is 116 Å². The van der Waals surface area contributed by atoms with Crippen molar-refractivity contribution in [1.29, 1.82) is 0 Å². The van der Waals surface area contributed by atoms with Crippen LogP contribution < -0.4 is 5.32 Å². The minimum atomic E-state index is -0.0769. The van der Waals surface area contributed by atoms with Crippen LogP contribution in [0.1, 0.15) is 32.6 Å². The zero-order valence-corrected chi connectivity index (χ0v) is 12.1. The van der Waals surface area contributed by atoms with E-state index in [0.717, 1.165) is 58.7 Å². The van der Waals surface area contributed by atoms with Gasteiger partial charge < -0.3 is 15.0 Å². The number of nitrogens with one attached hydrogen (secondary N) is 1. The third-order valence-corrected chi connectivity index (χ3v) is 4.10. The molecule has 0 atom stereocenters. The Morgan fingerprint density at radius 2 is 2.00 bits per heavy atom. The van der Waals surface area contributed by atoms with Crippen molar-refractivity contribution in [1.82, 2.24) is 10.2 Å². The molecule has 0 radical (unpaired) electrons. The summed E-state index contributed by atoms with van der Waals surface area (Å²) in [7, 11) is 0. The predicted octanol–water partition coefficient (Wildman–Crippen LogP) is 1.44. The van der Waals surface area contributed by atoms with Crippen LogP contribution in [-0.4, -0.2) is 50.2 Å². The molecule has 5 heteroatoms. The minimum Gasteiger partial charge on any atom is -0.382 e. The number of ether oxygens (including phenoxy) is 1. The van der Waals surface area contributed by atoms with Gasteiger partial charge in [0.2, 0.25) is 5.91 Å². The SMILES string of the molecule is CCOCCC1(C(=O)N2CCNCC2)CCC1.Cl. The zero-order valence-electron chi connectivity index (χ0n) is 11.2. The quantitative estimate of drug-likeness (QED) is 0.773. The highest BCUT2D eigenvalue weighted by Crippen LogP contribution is 2.45. The molecule has 2 fully saturated rings. The van der Waals surface area contributed by atoms with Crippen molar-refractivity contribution in [3.63, 3.8) is 0 Å². The van der Waals surface area contributed by atoms with E-state index in [1.807, 2.05) is 11.8 Å². The van der Waals surface area contributed by atoms with Gasteiger partial charge in [0.05, 0.1) is 5.41 Å². The second-order valence-corrected chi connectivity index (χ2v) is 5.12. The van der Waals surface area contributed by atoms with Gasteiger partial charge in [-0.05, 0) is 26.2 Å². The lowest BCUT2D eigenvalue weighted by molar-refractivity contribution is -0.149. The van der Waals surface area contributed by atoms with E-state index >= 15 is 0 Å². The lowest BCUT2D eigenvalue weighted by atomic mass is 9.65. The first-order chi connectivity index (χ1) is 8.28. The Kier molecular flexibility index (Phi) is 6.39. The summed E-state index contributed by atoms with van der Waals surface area (Å²) in [6.45, 7) is 7.10. The van der Waals surface area contributed by atoms with Crippen molar-refractivity contribution in [2.75, 3.05) is 39.4 Å². The Morgan fingerprint density at radius 3 is 2.50 bits per heavy atom. The lowest BCUT2D eigenvalue weighted by Gasteiger charge is -2.44. The van der Waals surface area contributed by atoms with Crippen LogP contribution in [0.4, 0.5) is 0 Å². The van der Waals surface area contributed by atoms with E-state index in [2.05, 4.69) is 5.32 Å². The maximum absolute atomic E-state index is 12.5. The number of hydrogen-bond donors (Lipinski definition) is 1. The summed E-state index contributed by atoms with van der Waals surface area (Å²) in [5.41, 5.74) is -0.0769. The molecule has 0 aromatic carbocycles. The average molecular weight is 277 g/mol. The van der Waals surface area contributed by atoms with E-state index in [9.17, 15) is 4.79 Å². The van der Waals surface area contributed by atoms with Crippen LogP contribution in [-0.2, 0) is 9.53 Å². The summed E-state index contributed by atoms with van der Waals surface area (Å²) in [6, 6.07) is 0. The third-order valence-electron chi connectivity index (χ3n) is 4.10. The molecule has 18 heavy (non-hydrogen) atoms. The highest BCUT2D eigenvalue weighted by molar-refractivity contribution is 5.85. The summed E-state index contributed by atoms with van der Waals surface area (Å²) in [4.78, 5) is 14.6. The standard InChI is InChI=1S/C13H24N2O2.ClH/c1-2-17-11-6-13(4-3-5-13)12(16)15-9-7-14-8-10-15;/h14H,2-11H2,1H3;1H. The molecule has 0 unspecified atom stereocenters. The van der Waals surface area contributed by atoms with Gasteiger partial charge in [0.15, 0.2) is 0 Å². The summed E-state index contributed by atoms with van der Waals surface area (Å²) in [5, 5.41) is 3.29. The molecule has 0 aromatic rings. The van der Waals surface area contributed by atoms with Gasteiger partial charge in [0.1, 0.15) is 0 Å². The number of carbonyl (C=O) groups is 1. The number of amides is 1. The van der Waals surface area contributed by atoms with Crippen molar-refractivity contribution in [3.8, 4) is 0 Å². The normalized spacial score (nSPS) is 21.9. The molecule has 106 valence electrons. The molecular weight excluding hydrogens is 252 g/mol. The molecule has 1 saturated carbocycles. The van der Waals surface area contributed by atoms with Gasteiger partial charge in [-0.3, -0.25) is 4.79 Å². The highest BCUT2D eigenvalue weighted by atomic mass is 35.5. The molecule has 0 bridgehead atoms. The fraction of sp³-hybridized carbons (Fsp3) is 0.923.